The monoisotopic (exact) mass is 774 g/mol. The summed E-state index contributed by atoms with van der Waals surface area (Å²) in [6.07, 6.45) is 6.16. The van der Waals surface area contributed by atoms with Crippen molar-refractivity contribution >= 4 is 55.3 Å². The van der Waals surface area contributed by atoms with Gasteiger partial charge in [-0.05, 0) is 127 Å². The molecular formula is C36H47FN6O8S2. The fourth-order valence-corrected chi connectivity index (χ4v) is 10.7. The number of rotatable bonds is 10. The Labute approximate surface area is 309 Å². The van der Waals surface area contributed by atoms with Crippen LogP contribution in [0.2, 0.25) is 0 Å². The first-order chi connectivity index (χ1) is 25.0. The third-order valence-electron chi connectivity index (χ3n) is 10.7. The zero-order chi connectivity index (χ0) is 38.2. The number of carbonyl (C=O) groups is 4. The van der Waals surface area contributed by atoms with Crippen LogP contribution in [0.25, 0.3) is 0 Å². The number of halogens is 1. The third kappa shape index (κ3) is 8.61. The minimum Gasteiger partial charge on any atom is -0.338 e. The van der Waals surface area contributed by atoms with Crippen LogP contribution in [0.5, 0.6) is 0 Å². The molecule has 2 saturated heterocycles. The Hall–Kier alpha value is -4.25. The van der Waals surface area contributed by atoms with Crippen molar-refractivity contribution in [2.75, 3.05) is 10.6 Å². The van der Waals surface area contributed by atoms with Crippen LogP contribution < -0.4 is 30.7 Å². The molecule has 2 heterocycles. The molecule has 4 aliphatic rings. The molecule has 53 heavy (non-hydrogen) atoms. The van der Waals surface area contributed by atoms with Gasteiger partial charge in [0.25, 0.3) is 20.0 Å². The van der Waals surface area contributed by atoms with Crippen molar-refractivity contribution in [3.05, 3.63) is 57.4 Å². The van der Waals surface area contributed by atoms with E-state index in [4.69, 9.17) is 0 Å². The normalized spacial score (nSPS) is 21.9. The maximum absolute atomic E-state index is 15.0. The van der Waals surface area contributed by atoms with Crippen LogP contribution in [0.15, 0.2) is 18.2 Å². The van der Waals surface area contributed by atoms with Gasteiger partial charge in [-0.25, -0.2) is 40.3 Å². The van der Waals surface area contributed by atoms with Gasteiger partial charge in [-0.3, -0.25) is 9.59 Å². The first-order valence-corrected chi connectivity index (χ1v) is 21.3. The van der Waals surface area contributed by atoms with Crippen LogP contribution in [-0.4, -0.2) is 51.5 Å². The molecule has 6 amide bonds. The summed E-state index contributed by atoms with van der Waals surface area (Å²) < 4.78 is 72.0. The van der Waals surface area contributed by atoms with E-state index in [-0.39, 0.29) is 43.7 Å². The Morgan fingerprint density at radius 1 is 0.755 bits per heavy atom. The van der Waals surface area contributed by atoms with E-state index < -0.39 is 72.3 Å². The van der Waals surface area contributed by atoms with E-state index in [0.29, 0.717) is 23.2 Å². The fraction of sp³-hybridized carbons (Fsp3) is 0.556. The smallest absolute Gasteiger partial charge is 0.332 e. The number of carbonyl (C=O) groups excluding carboxylic acids is 4. The number of urea groups is 2. The molecule has 2 aromatic rings. The zero-order valence-corrected chi connectivity index (χ0v) is 31.7. The van der Waals surface area contributed by atoms with E-state index in [0.717, 1.165) is 49.7 Å². The highest BCUT2D eigenvalue weighted by Crippen LogP contribution is 2.40. The van der Waals surface area contributed by atoms with Gasteiger partial charge in [0.2, 0.25) is 11.8 Å². The predicted octanol–water partition coefficient (Wildman–Crippen LogP) is 4.50. The number of fused-ring (bicyclic) bond motifs is 2. The van der Waals surface area contributed by atoms with Gasteiger partial charge in [-0.2, -0.15) is 0 Å². The summed E-state index contributed by atoms with van der Waals surface area (Å²) in [5.74, 6) is -2.90. The summed E-state index contributed by atoms with van der Waals surface area (Å²) in [6.45, 7) is 5.31. The van der Waals surface area contributed by atoms with Crippen LogP contribution >= 0.6 is 0 Å². The van der Waals surface area contributed by atoms with Crippen molar-refractivity contribution in [2.45, 2.75) is 120 Å². The number of amides is 6. The van der Waals surface area contributed by atoms with E-state index in [1.807, 2.05) is 4.72 Å². The Bertz CT molecular complexity index is 2020. The molecular weight excluding hydrogens is 728 g/mol. The molecule has 0 radical (unpaired) electrons. The molecule has 2 fully saturated rings. The van der Waals surface area contributed by atoms with Gasteiger partial charge in [0.05, 0.1) is 0 Å². The van der Waals surface area contributed by atoms with Crippen LogP contribution in [0, 0.1) is 11.7 Å². The van der Waals surface area contributed by atoms with Gasteiger partial charge in [0, 0.05) is 24.2 Å². The van der Waals surface area contributed by atoms with Crippen molar-refractivity contribution in [1.82, 2.24) is 20.1 Å². The highest BCUT2D eigenvalue weighted by Gasteiger charge is 2.38. The molecule has 14 nitrogen and oxygen atoms in total. The van der Waals surface area contributed by atoms with Gasteiger partial charge in [-0.1, -0.05) is 26.8 Å². The maximum Gasteiger partial charge on any atom is 0.332 e. The van der Waals surface area contributed by atoms with Crippen LogP contribution in [0.3, 0.4) is 0 Å². The first-order valence-electron chi connectivity index (χ1n) is 18.2. The average molecular weight is 775 g/mol. The largest absolute Gasteiger partial charge is 0.338 e. The van der Waals surface area contributed by atoms with Gasteiger partial charge in [0.15, 0.2) is 10.7 Å². The number of aryl methyl sites for hydroxylation is 2. The maximum atomic E-state index is 15.0. The standard InChI is InChI=1S/C36H47FN6O8S2/c1-19(2)27-17-24(37)18-28(34(27)41-36(47)42-52(48,49)31-12-6-11-29(44)38-31)20(3)13-21-14-30(45)39-32(15-21)53(50,51)43-35(46)40-33-25-9-4-7-22(25)16-23-8-5-10-26(23)33/h16-21,31-32H,4-15H2,1-3H3,(H,38,44)(H,39,45)(H2,40,43,46)(H2,41,42,47). The molecule has 0 aromatic heterocycles. The molecule has 4 unspecified atom stereocenters. The summed E-state index contributed by atoms with van der Waals surface area (Å²) in [7, 11) is -8.67. The number of sulfonamides is 2. The molecule has 17 heteroatoms. The molecule has 0 saturated carbocycles. The average Bonchev–Trinajstić information content (AvgIpc) is 3.74. The van der Waals surface area contributed by atoms with Crippen LogP contribution in [0.4, 0.5) is 25.4 Å². The topological polar surface area (TPSA) is 209 Å². The second kappa shape index (κ2) is 15.2. The van der Waals surface area contributed by atoms with Crippen molar-refractivity contribution in [1.29, 1.82) is 0 Å². The molecule has 0 bridgehead atoms. The first kappa shape index (κ1) is 38.5. The summed E-state index contributed by atoms with van der Waals surface area (Å²) in [4.78, 5) is 51.0. The third-order valence-corrected chi connectivity index (χ3v) is 13.8. The molecule has 0 spiro atoms. The summed E-state index contributed by atoms with van der Waals surface area (Å²) >= 11 is 0. The Balaban J connectivity index is 1.15. The van der Waals surface area contributed by atoms with E-state index in [1.165, 1.54) is 23.3 Å². The van der Waals surface area contributed by atoms with Crippen LogP contribution in [-0.2, 0) is 55.3 Å². The molecule has 2 aliphatic heterocycles. The highest BCUT2D eigenvalue weighted by molar-refractivity contribution is 7.91. The molecule has 6 N–H and O–H groups in total. The number of anilines is 2. The Morgan fingerprint density at radius 2 is 1.32 bits per heavy atom. The SMILES string of the molecule is CC(C)c1cc(F)cc(C(C)CC2CC(=O)NC(S(=O)(=O)NC(=O)Nc3c4c(cc5c3CCC5)CCC4)C2)c1NC(=O)NS(=O)(=O)C1CCCC(=O)N1. The van der Waals surface area contributed by atoms with E-state index in [2.05, 4.69) is 32.1 Å². The van der Waals surface area contributed by atoms with Gasteiger partial charge >= 0.3 is 12.1 Å². The number of nitrogens with one attached hydrogen (secondary N) is 6. The minimum absolute atomic E-state index is 0.0220. The number of hydrogen-bond acceptors (Lipinski definition) is 8. The number of hydrogen-bond donors (Lipinski definition) is 6. The summed E-state index contributed by atoms with van der Waals surface area (Å²) in [6, 6.07) is 2.69. The lowest BCUT2D eigenvalue weighted by Crippen LogP contribution is -2.52. The van der Waals surface area contributed by atoms with Crippen molar-refractivity contribution in [3.8, 4) is 0 Å². The van der Waals surface area contributed by atoms with Gasteiger partial charge in [-0.15, -0.1) is 0 Å². The molecule has 2 aromatic carbocycles. The lowest BCUT2D eigenvalue weighted by atomic mass is 9.83. The van der Waals surface area contributed by atoms with Crippen molar-refractivity contribution in [2.24, 2.45) is 5.92 Å². The molecule has 4 atom stereocenters. The summed E-state index contributed by atoms with van der Waals surface area (Å²) in [5.41, 5.74) is 6.05. The molecule has 2 aliphatic carbocycles. The van der Waals surface area contributed by atoms with E-state index >= 15 is 4.39 Å². The van der Waals surface area contributed by atoms with Crippen molar-refractivity contribution in [3.63, 3.8) is 0 Å². The van der Waals surface area contributed by atoms with E-state index in [1.54, 1.807) is 20.8 Å². The number of piperidine rings is 2. The van der Waals surface area contributed by atoms with Crippen molar-refractivity contribution < 1.29 is 40.4 Å². The summed E-state index contributed by atoms with van der Waals surface area (Å²) in [5, 5.41) is 7.58. The van der Waals surface area contributed by atoms with E-state index in [9.17, 15) is 36.0 Å². The molecule has 6 rings (SSSR count). The van der Waals surface area contributed by atoms with Crippen LogP contribution in [0.1, 0.15) is 117 Å². The fourth-order valence-electron chi connectivity index (χ4n) is 8.25. The van der Waals surface area contributed by atoms with Gasteiger partial charge < -0.3 is 21.3 Å². The number of benzene rings is 2. The second-order valence-corrected chi connectivity index (χ2v) is 18.7. The highest BCUT2D eigenvalue weighted by atomic mass is 32.2. The predicted molar refractivity (Wildman–Crippen MR) is 197 cm³/mol. The van der Waals surface area contributed by atoms with Gasteiger partial charge in [0.1, 0.15) is 5.82 Å². The molecule has 288 valence electrons. The quantitative estimate of drug-likeness (QED) is 0.202. The zero-order valence-electron chi connectivity index (χ0n) is 30.1. The Kier molecular flexibility index (Phi) is 11.1. The minimum atomic E-state index is -4.38. The lowest BCUT2D eigenvalue weighted by Gasteiger charge is -2.32. The lowest BCUT2D eigenvalue weighted by molar-refractivity contribution is -0.124. The Morgan fingerprint density at radius 3 is 1.92 bits per heavy atom. The second-order valence-electron chi connectivity index (χ2n) is 15.0.